The molecule has 4 aliphatic rings. The molecule has 0 N–H and O–H groups in total. The lowest BCUT2D eigenvalue weighted by Crippen LogP contribution is -2.52. The van der Waals surface area contributed by atoms with Crippen LogP contribution in [-0.2, 0) is 9.59 Å². The number of allylic oxidation sites excluding steroid dienone is 1. The number of ketones is 2. The molecule has 2 nitrogen and oxygen atoms in total. The fraction of sp³-hybridized carbons (Fsp3) is 0.800. The first-order valence-electron chi connectivity index (χ1n) is 9.14. The van der Waals surface area contributed by atoms with Gasteiger partial charge in [0.25, 0.3) is 0 Å². The van der Waals surface area contributed by atoms with E-state index in [0.29, 0.717) is 35.2 Å². The molecule has 3 fully saturated rings. The lowest BCUT2D eigenvalue weighted by atomic mass is 9.46. The molecule has 0 heterocycles. The van der Waals surface area contributed by atoms with Gasteiger partial charge in [-0.1, -0.05) is 26.3 Å². The maximum absolute atomic E-state index is 12.4. The topological polar surface area (TPSA) is 34.1 Å². The molecule has 22 heavy (non-hydrogen) atoms. The van der Waals surface area contributed by atoms with Crippen LogP contribution in [-0.4, -0.2) is 11.6 Å². The Hall–Kier alpha value is -0.920. The summed E-state index contributed by atoms with van der Waals surface area (Å²) >= 11 is 0. The SMILES string of the molecule is CC1C[C@@H]2[C@@H](CC[C@]3(C)C(=O)CC[C@@H]23)[C@@]2(C)CCC(=O)C=C12. The van der Waals surface area contributed by atoms with Crippen molar-refractivity contribution in [3.63, 3.8) is 0 Å². The fourth-order valence-electron chi connectivity index (χ4n) is 6.76. The third kappa shape index (κ3) is 1.73. The predicted octanol–water partition coefficient (Wildman–Crippen LogP) is 4.33. The van der Waals surface area contributed by atoms with E-state index in [1.54, 1.807) is 0 Å². The highest BCUT2D eigenvalue weighted by Gasteiger charge is 2.59. The Labute approximate surface area is 133 Å². The van der Waals surface area contributed by atoms with Gasteiger partial charge in [-0.25, -0.2) is 0 Å². The number of carbonyl (C=O) groups excluding carboxylic acids is 2. The molecule has 0 aromatic carbocycles. The molecule has 0 aromatic heterocycles. The summed E-state index contributed by atoms with van der Waals surface area (Å²) in [5.41, 5.74) is 1.60. The van der Waals surface area contributed by atoms with Gasteiger partial charge in [-0.3, -0.25) is 9.59 Å². The lowest BCUT2D eigenvalue weighted by molar-refractivity contribution is -0.133. The van der Waals surface area contributed by atoms with Gasteiger partial charge in [0, 0.05) is 18.3 Å². The molecule has 4 aliphatic carbocycles. The smallest absolute Gasteiger partial charge is 0.155 e. The van der Waals surface area contributed by atoms with E-state index in [9.17, 15) is 9.59 Å². The molecule has 2 heteroatoms. The second kappa shape index (κ2) is 4.55. The maximum atomic E-state index is 12.4. The van der Waals surface area contributed by atoms with Crippen LogP contribution in [0.2, 0.25) is 0 Å². The summed E-state index contributed by atoms with van der Waals surface area (Å²) in [4.78, 5) is 24.4. The molecule has 6 atom stereocenters. The summed E-state index contributed by atoms with van der Waals surface area (Å²) in [7, 11) is 0. The van der Waals surface area contributed by atoms with Crippen molar-refractivity contribution >= 4 is 11.6 Å². The summed E-state index contributed by atoms with van der Waals surface area (Å²) in [6.07, 6.45) is 9.08. The molecule has 3 saturated carbocycles. The van der Waals surface area contributed by atoms with E-state index in [1.165, 1.54) is 18.4 Å². The molecular formula is C20H28O2. The first kappa shape index (κ1) is 14.7. The van der Waals surface area contributed by atoms with E-state index < -0.39 is 0 Å². The third-order valence-corrected chi connectivity index (χ3v) is 7.99. The third-order valence-electron chi connectivity index (χ3n) is 7.99. The van der Waals surface area contributed by atoms with Gasteiger partial charge in [-0.15, -0.1) is 0 Å². The Bertz CT molecular complexity index is 574. The molecule has 0 bridgehead atoms. The summed E-state index contributed by atoms with van der Waals surface area (Å²) in [6, 6.07) is 0. The minimum absolute atomic E-state index is 0.0387. The van der Waals surface area contributed by atoms with Gasteiger partial charge in [0.05, 0.1) is 0 Å². The highest BCUT2D eigenvalue weighted by molar-refractivity contribution is 5.92. The summed E-state index contributed by atoms with van der Waals surface area (Å²) in [6.45, 7) is 6.96. The Morgan fingerprint density at radius 3 is 2.50 bits per heavy atom. The average Bonchev–Trinajstić information content (AvgIpc) is 2.77. The van der Waals surface area contributed by atoms with Crippen LogP contribution in [0.15, 0.2) is 11.6 Å². The van der Waals surface area contributed by atoms with E-state index in [2.05, 4.69) is 20.8 Å². The zero-order valence-electron chi connectivity index (χ0n) is 14.2. The molecular weight excluding hydrogens is 272 g/mol. The maximum Gasteiger partial charge on any atom is 0.155 e. The highest BCUT2D eigenvalue weighted by atomic mass is 16.1. The first-order chi connectivity index (χ1) is 10.4. The number of hydrogen-bond acceptors (Lipinski definition) is 2. The number of fused-ring (bicyclic) bond motifs is 5. The van der Waals surface area contributed by atoms with E-state index in [1.807, 2.05) is 6.08 Å². The van der Waals surface area contributed by atoms with Crippen molar-refractivity contribution in [2.45, 2.75) is 65.7 Å². The molecule has 0 saturated heterocycles. The quantitative estimate of drug-likeness (QED) is 0.667. The van der Waals surface area contributed by atoms with Crippen molar-refractivity contribution in [2.75, 3.05) is 0 Å². The molecule has 0 aromatic rings. The number of rotatable bonds is 0. The van der Waals surface area contributed by atoms with Gasteiger partial charge >= 0.3 is 0 Å². The van der Waals surface area contributed by atoms with Crippen LogP contribution in [0.5, 0.6) is 0 Å². The zero-order valence-corrected chi connectivity index (χ0v) is 14.2. The van der Waals surface area contributed by atoms with Crippen LogP contribution < -0.4 is 0 Å². The highest BCUT2D eigenvalue weighted by Crippen LogP contribution is 2.65. The standard InChI is InChI=1S/C20H28O2/c1-12-10-14-15-4-5-18(22)20(15,3)9-7-16(14)19(2)8-6-13(21)11-17(12)19/h11-12,14-16H,4-10H2,1-3H3/t12?,14-,15-,16+,19+,20-/m0/s1. The van der Waals surface area contributed by atoms with Crippen molar-refractivity contribution in [1.29, 1.82) is 0 Å². The van der Waals surface area contributed by atoms with Gasteiger partial charge in [0.2, 0.25) is 0 Å². The number of carbonyl (C=O) groups is 2. The van der Waals surface area contributed by atoms with Gasteiger partial charge in [0.15, 0.2) is 5.78 Å². The van der Waals surface area contributed by atoms with E-state index in [0.717, 1.165) is 32.1 Å². The first-order valence-corrected chi connectivity index (χ1v) is 9.14. The Kier molecular flexibility index (Phi) is 3.03. The van der Waals surface area contributed by atoms with Crippen LogP contribution >= 0.6 is 0 Å². The largest absolute Gasteiger partial charge is 0.299 e. The Morgan fingerprint density at radius 1 is 1.00 bits per heavy atom. The average molecular weight is 300 g/mol. The van der Waals surface area contributed by atoms with Crippen LogP contribution in [0.1, 0.15) is 65.7 Å². The lowest BCUT2D eigenvalue weighted by Gasteiger charge is -2.58. The van der Waals surface area contributed by atoms with Crippen LogP contribution in [0.4, 0.5) is 0 Å². The molecule has 0 spiro atoms. The van der Waals surface area contributed by atoms with E-state index in [4.69, 9.17) is 0 Å². The predicted molar refractivity (Wildman–Crippen MR) is 86.3 cm³/mol. The summed E-state index contributed by atoms with van der Waals surface area (Å²) in [5, 5.41) is 0. The number of Topliss-reactive ketones (excluding diaryl/α,β-unsaturated/α-hetero) is 1. The minimum atomic E-state index is -0.0387. The summed E-state index contributed by atoms with van der Waals surface area (Å²) < 4.78 is 0. The van der Waals surface area contributed by atoms with Gasteiger partial charge < -0.3 is 0 Å². The zero-order chi connectivity index (χ0) is 15.7. The molecule has 120 valence electrons. The molecule has 0 aliphatic heterocycles. The number of hydrogen-bond donors (Lipinski definition) is 0. The van der Waals surface area contributed by atoms with Crippen LogP contribution in [0, 0.1) is 34.5 Å². The van der Waals surface area contributed by atoms with Crippen molar-refractivity contribution in [3.05, 3.63) is 11.6 Å². The van der Waals surface area contributed by atoms with Crippen molar-refractivity contribution < 1.29 is 9.59 Å². The normalized spacial score (nSPS) is 51.0. The van der Waals surface area contributed by atoms with Crippen molar-refractivity contribution in [1.82, 2.24) is 0 Å². The Balaban J connectivity index is 1.74. The molecule has 1 unspecified atom stereocenters. The molecule has 0 amide bonds. The summed E-state index contributed by atoms with van der Waals surface area (Å²) in [5.74, 6) is 3.33. The van der Waals surface area contributed by atoms with Crippen molar-refractivity contribution in [2.24, 2.45) is 34.5 Å². The Morgan fingerprint density at radius 2 is 1.73 bits per heavy atom. The van der Waals surface area contributed by atoms with Gasteiger partial charge in [-0.05, 0) is 67.3 Å². The second-order valence-electron chi connectivity index (χ2n) is 8.92. The minimum Gasteiger partial charge on any atom is -0.299 e. The van der Waals surface area contributed by atoms with Gasteiger partial charge in [0.1, 0.15) is 5.78 Å². The van der Waals surface area contributed by atoms with E-state index in [-0.39, 0.29) is 10.8 Å². The van der Waals surface area contributed by atoms with Gasteiger partial charge in [-0.2, -0.15) is 0 Å². The molecule has 0 radical (unpaired) electrons. The second-order valence-corrected chi connectivity index (χ2v) is 8.92. The monoisotopic (exact) mass is 300 g/mol. The van der Waals surface area contributed by atoms with Crippen molar-refractivity contribution in [3.8, 4) is 0 Å². The van der Waals surface area contributed by atoms with Crippen LogP contribution in [0.3, 0.4) is 0 Å². The van der Waals surface area contributed by atoms with Crippen LogP contribution in [0.25, 0.3) is 0 Å². The fourth-order valence-corrected chi connectivity index (χ4v) is 6.76. The van der Waals surface area contributed by atoms with E-state index >= 15 is 0 Å². The molecule has 4 rings (SSSR count).